The summed E-state index contributed by atoms with van der Waals surface area (Å²) in [7, 11) is 1.33. The van der Waals surface area contributed by atoms with Gasteiger partial charge in [0.05, 0.1) is 13.2 Å². The topological polar surface area (TPSA) is 50.1 Å². The fourth-order valence-corrected chi connectivity index (χ4v) is 1.38. The Morgan fingerprint density at radius 3 is 2.35 bits per heavy atom. The lowest BCUT2D eigenvalue weighted by Gasteiger charge is -1.95. The molecule has 0 aliphatic heterocycles. The molecule has 0 N–H and O–H groups in total. The highest BCUT2D eigenvalue weighted by molar-refractivity contribution is 5.86. The van der Waals surface area contributed by atoms with Gasteiger partial charge in [-0.3, -0.25) is 0 Å². The number of methoxy groups -OCH3 is 1. The van der Waals surface area contributed by atoms with Crippen molar-refractivity contribution < 1.29 is 9.53 Å². The smallest absolute Gasteiger partial charge is 0.332 e. The number of carbonyl (C=O) groups is 1. The molecule has 0 unspecified atom stereocenters. The Labute approximate surface area is 138 Å². The van der Waals surface area contributed by atoms with Crippen LogP contribution < -0.4 is 0 Å². The third-order valence-corrected chi connectivity index (χ3v) is 2.44. The van der Waals surface area contributed by atoms with Crippen LogP contribution >= 0.6 is 0 Å². The lowest BCUT2D eigenvalue weighted by Crippen LogP contribution is -1.98. The van der Waals surface area contributed by atoms with Crippen LogP contribution in [-0.2, 0) is 9.53 Å². The zero-order chi connectivity index (χ0) is 17.5. The van der Waals surface area contributed by atoms with E-state index in [1.165, 1.54) is 13.2 Å². The Morgan fingerprint density at radius 2 is 1.91 bits per heavy atom. The van der Waals surface area contributed by atoms with Gasteiger partial charge in [-0.15, -0.1) is 0 Å². The van der Waals surface area contributed by atoms with Crippen LogP contribution in [-0.4, -0.2) is 13.1 Å². The fraction of sp³-hybridized carbons (Fsp3) is 0.100. The highest BCUT2D eigenvalue weighted by atomic mass is 16.5. The van der Waals surface area contributed by atoms with Gasteiger partial charge >= 0.3 is 5.97 Å². The number of hydrogen-bond donors (Lipinski definition) is 0. The van der Waals surface area contributed by atoms with E-state index in [0.717, 1.165) is 11.1 Å². The monoisotopic (exact) mass is 307 g/mol. The molecule has 1 aromatic rings. The summed E-state index contributed by atoms with van der Waals surface area (Å²) in [4.78, 5) is 10.2. The maximum atomic E-state index is 10.2. The van der Waals surface area contributed by atoms with Gasteiger partial charge in [0.1, 0.15) is 0 Å². The number of esters is 1. The number of allylic oxidation sites excluding steroid dienone is 6. The molecule has 0 saturated heterocycles. The lowest BCUT2D eigenvalue weighted by molar-refractivity contribution is -0.136. The molecule has 0 amide bonds. The normalized spacial score (nSPS) is 10.6. The van der Waals surface area contributed by atoms with Crippen molar-refractivity contribution in [2.45, 2.75) is 6.92 Å². The predicted octanol–water partition coefficient (Wildman–Crippen LogP) is 4.63. The molecule has 3 nitrogen and oxygen atoms in total. The Bertz CT molecular complexity index is 644. The third kappa shape index (κ3) is 10.3. The van der Waals surface area contributed by atoms with Crippen LogP contribution in [0.25, 0.3) is 6.08 Å². The molecular formula is C20H21NO2. The van der Waals surface area contributed by atoms with Gasteiger partial charge in [0.25, 0.3) is 0 Å². The summed E-state index contributed by atoms with van der Waals surface area (Å²) in [6.45, 7) is 8.57. The highest BCUT2D eigenvalue weighted by Gasteiger charge is 1.95. The molecule has 23 heavy (non-hydrogen) atoms. The first-order valence-corrected chi connectivity index (χ1v) is 6.91. The van der Waals surface area contributed by atoms with Gasteiger partial charge in [-0.25, -0.2) is 4.79 Å². The van der Waals surface area contributed by atoms with E-state index in [2.05, 4.69) is 17.9 Å². The van der Waals surface area contributed by atoms with Gasteiger partial charge in [-0.1, -0.05) is 61.7 Å². The van der Waals surface area contributed by atoms with E-state index in [4.69, 9.17) is 5.26 Å². The van der Waals surface area contributed by atoms with Gasteiger partial charge in [0.15, 0.2) is 0 Å². The maximum absolute atomic E-state index is 10.2. The summed E-state index contributed by atoms with van der Waals surface area (Å²) in [5, 5.41) is 8.50. The van der Waals surface area contributed by atoms with Crippen LogP contribution in [0.1, 0.15) is 12.5 Å². The Balaban J connectivity index is 0.000000585. The average molecular weight is 307 g/mol. The van der Waals surface area contributed by atoms with Crippen LogP contribution in [0, 0.1) is 11.3 Å². The highest BCUT2D eigenvalue weighted by Crippen LogP contribution is 2.09. The van der Waals surface area contributed by atoms with Crippen LogP contribution in [0.2, 0.25) is 0 Å². The molecular weight excluding hydrogens is 286 g/mol. The van der Waals surface area contributed by atoms with E-state index in [-0.39, 0.29) is 5.97 Å². The second-order valence-corrected chi connectivity index (χ2v) is 4.38. The largest absolute Gasteiger partial charge is 0.466 e. The first-order chi connectivity index (χ1) is 11.0. The van der Waals surface area contributed by atoms with Crippen molar-refractivity contribution in [1.29, 1.82) is 5.26 Å². The van der Waals surface area contributed by atoms with Crippen LogP contribution in [0.5, 0.6) is 0 Å². The van der Waals surface area contributed by atoms with E-state index in [0.29, 0.717) is 5.57 Å². The molecule has 1 aromatic carbocycles. The van der Waals surface area contributed by atoms with Gasteiger partial charge in [0.2, 0.25) is 0 Å². The van der Waals surface area contributed by atoms with Crippen molar-refractivity contribution in [2.75, 3.05) is 7.11 Å². The minimum absolute atomic E-state index is 0.347. The number of rotatable bonds is 5. The quantitative estimate of drug-likeness (QED) is 0.345. The number of ether oxygens (including phenoxy) is 1. The molecule has 0 bridgehead atoms. The summed E-state index contributed by atoms with van der Waals surface area (Å²) in [5.74, 6) is -0.347. The van der Waals surface area contributed by atoms with Crippen LogP contribution in [0.15, 0.2) is 85.0 Å². The zero-order valence-electron chi connectivity index (χ0n) is 13.5. The minimum atomic E-state index is -0.347. The number of benzene rings is 1. The SMILES string of the molecule is C=C(C)C(=O)OC.C=CC=CC(C=CC#N)=Cc1ccccc1. The molecule has 0 heterocycles. The number of nitriles is 1. The number of hydrogen-bond acceptors (Lipinski definition) is 3. The van der Waals surface area contributed by atoms with Crippen molar-refractivity contribution >= 4 is 12.0 Å². The van der Waals surface area contributed by atoms with E-state index < -0.39 is 0 Å². The van der Waals surface area contributed by atoms with Gasteiger partial charge in [-0.05, 0) is 30.2 Å². The first kappa shape index (κ1) is 19.9. The van der Waals surface area contributed by atoms with Crippen molar-refractivity contribution in [2.24, 2.45) is 0 Å². The second kappa shape index (κ2) is 12.6. The second-order valence-electron chi connectivity index (χ2n) is 4.38. The molecule has 0 spiro atoms. The molecule has 0 aliphatic rings. The number of carbonyl (C=O) groups excluding carboxylic acids is 1. The van der Waals surface area contributed by atoms with E-state index in [9.17, 15) is 4.79 Å². The zero-order valence-corrected chi connectivity index (χ0v) is 13.5. The standard InChI is InChI=1S/C15H13N.C5H8O2/c1-2-3-8-14(11-7-12-16)13-15-9-5-4-6-10-15;1-4(2)5(6)7-3/h2-11,13H,1H2;1H2,2-3H3. The van der Waals surface area contributed by atoms with Crippen molar-refractivity contribution in [3.63, 3.8) is 0 Å². The van der Waals surface area contributed by atoms with Crippen LogP contribution in [0.4, 0.5) is 0 Å². The molecule has 0 saturated carbocycles. The molecule has 1 rings (SSSR count). The van der Waals surface area contributed by atoms with E-state index >= 15 is 0 Å². The summed E-state index contributed by atoms with van der Waals surface area (Å²) < 4.78 is 4.27. The summed E-state index contributed by atoms with van der Waals surface area (Å²) >= 11 is 0. The van der Waals surface area contributed by atoms with Crippen molar-refractivity contribution in [1.82, 2.24) is 0 Å². The van der Waals surface area contributed by atoms with Crippen molar-refractivity contribution in [3.05, 3.63) is 90.6 Å². The summed E-state index contributed by atoms with van der Waals surface area (Å²) in [6, 6.07) is 11.9. The Morgan fingerprint density at radius 1 is 1.26 bits per heavy atom. The summed E-state index contributed by atoms with van der Waals surface area (Å²) in [6.07, 6.45) is 10.7. The number of nitrogens with zero attached hydrogens (tertiary/aromatic N) is 1. The van der Waals surface area contributed by atoms with Crippen LogP contribution in [0.3, 0.4) is 0 Å². The minimum Gasteiger partial charge on any atom is -0.466 e. The third-order valence-electron chi connectivity index (χ3n) is 2.44. The predicted molar refractivity (Wildman–Crippen MR) is 95.3 cm³/mol. The lowest BCUT2D eigenvalue weighted by atomic mass is 10.1. The maximum Gasteiger partial charge on any atom is 0.332 e. The van der Waals surface area contributed by atoms with Gasteiger partial charge < -0.3 is 4.74 Å². The Kier molecular flexibility index (Phi) is 10.9. The van der Waals surface area contributed by atoms with E-state index in [1.807, 2.05) is 54.6 Å². The van der Waals surface area contributed by atoms with Gasteiger partial charge in [0, 0.05) is 11.6 Å². The molecule has 0 aromatic heterocycles. The van der Waals surface area contributed by atoms with Crippen molar-refractivity contribution in [3.8, 4) is 6.07 Å². The van der Waals surface area contributed by atoms with E-state index in [1.54, 1.807) is 19.1 Å². The molecule has 0 atom stereocenters. The fourth-order valence-electron chi connectivity index (χ4n) is 1.38. The average Bonchev–Trinajstić information content (AvgIpc) is 2.57. The first-order valence-electron chi connectivity index (χ1n) is 6.91. The molecule has 0 aliphatic carbocycles. The molecule has 3 heteroatoms. The summed E-state index contributed by atoms with van der Waals surface area (Å²) in [5.41, 5.74) is 2.50. The molecule has 0 radical (unpaired) electrons. The van der Waals surface area contributed by atoms with Gasteiger partial charge in [-0.2, -0.15) is 5.26 Å². The molecule has 0 fully saturated rings. The molecule has 118 valence electrons. The Hall–Kier alpha value is -3.12.